The summed E-state index contributed by atoms with van der Waals surface area (Å²) in [5.41, 5.74) is 12.7. The van der Waals surface area contributed by atoms with E-state index in [1.54, 1.807) is 0 Å². The van der Waals surface area contributed by atoms with Crippen LogP contribution in [0.3, 0.4) is 0 Å². The Morgan fingerprint density at radius 2 is 1.57 bits per heavy atom. The van der Waals surface area contributed by atoms with Gasteiger partial charge in [0.2, 0.25) is 0 Å². The van der Waals surface area contributed by atoms with E-state index in [9.17, 15) is 5.11 Å². The van der Waals surface area contributed by atoms with E-state index in [-0.39, 0.29) is 13.8 Å². The van der Waals surface area contributed by atoms with Crippen molar-refractivity contribution in [2.45, 2.75) is 135 Å². The zero-order valence-electron chi connectivity index (χ0n) is 28.3. The predicted octanol–water partition coefficient (Wildman–Crippen LogP) is 7.22. The molecule has 4 fully saturated rings. The fraction of sp³-hybridized carbons (Fsp3) is 0.944. The fourth-order valence-corrected chi connectivity index (χ4v) is 13.5. The van der Waals surface area contributed by atoms with Gasteiger partial charge in [0, 0.05) is 0 Å². The molecule has 2 aliphatic carbocycles. The van der Waals surface area contributed by atoms with Crippen molar-refractivity contribution in [3.63, 3.8) is 0 Å². The van der Waals surface area contributed by atoms with Crippen LogP contribution < -0.4 is 22.1 Å². The third-order valence-corrected chi connectivity index (χ3v) is 15.9. The van der Waals surface area contributed by atoms with Crippen molar-refractivity contribution in [2.24, 2.45) is 46.5 Å². The number of nitrogens with one attached hydrogen (secondary N) is 2. The number of hydrogen-bond donors (Lipinski definition) is 5. The molecule has 2 aliphatic heterocycles. The van der Waals surface area contributed by atoms with E-state index in [1.807, 2.05) is 0 Å². The molecule has 6 heteroatoms. The Kier molecular flexibility index (Phi) is 15.8. The summed E-state index contributed by atoms with van der Waals surface area (Å²) in [6.45, 7) is 20.2. The molecule has 42 heavy (non-hydrogen) atoms. The van der Waals surface area contributed by atoms with Crippen molar-refractivity contribution in [1.82, 2.24) is 10.6 Å². The molecule has 246 valence electrons. The molecule has 9 unspecified atom stereocenters. The monoisotopic (exact) mass is 607 g/mol. The van der Waals surface area contributed by atoms with Gasteiger partial charge < -0.3 is 27.2 Å². The third kappa shape index (κ3) is 9.26. The van der Waals surface area contributed by atoms with Gasteiger partial charge in [0.25, 0.3) is 0 Å². The van der Waals surface area contributed by atoms with Gasteiger partial charge in [-0.05, 0) is 175 Å². The Morgan fingerprint density at radius 1 is 0.929 bits per heavy atom. The number of aliphatic hydroxyl groups is 1. The smallest absolute Gasteiger partial charge is 0.0738 e. The van der Waals surface area contributed by atoms with Crippen LogP contribution in [0.1, 0.15) is 124 Å². The van der Waals surface area contributed by atoms with Crippen molar-refractivity contribution in [1.29, 1.82) is 0 Å². The highest BCUT2D eigenvalue weighted by Gasteiger charge is 2.61. The molecule has 2 heterocycles. The van der Waals surface area contributed by atoms with Gasteiger partial charge in [-0.1, -0.05) is 54.2 Å². The molecule has 9 atom stereocenters. The third-order valence-electron chi connectivity index (χ3n) is 12.4. The average molecular weight is 607 g/mol. The minimum atomic E-state index is -0.160. The molecule has 2 saturated carbocycles. The van der Waals surface area contributed by atoms with Crippen LogP contribution in [0.15, 0.2) is 12.2 Å². The first-order chi connectivity index (χ1) is 20.2. The van der Waals surface area contributed by atoms with Gasteiger partial charge in [-0.3, -0.25) is 0 Å². The van der Waals surface area contributed by atoms with E-state index in [1.165, 1.54) is 82.4 Å². The van der Waals surface area contributed by atoms with E-state index < -0.39 is 0 Å². The predicted molar refractivity (Wildman–Crippen MR) is 185 cm³/mol. The minimum Gasteiger partial charge on any atom is -0.389 e. The maximum absolute atomic E-state index is 11.2. The standard InChI is InChI=1S/C26H45OP.C10H26N4/c1-6-18(2)9-10-19(3)21-11-12-22-20-17-24(27)28-16-8-7-14-26(28,5)23(20)13-15-25(21,22)4;11-5-3-9-13-7-1-2-8-14-10-4-6-12/h19-24,27H,2,6-17H2,1,3-5H3;13-14H,1-12H2. The number of rotatable bonds is 16. The summed E-state index contributed by atoms with van der Waals surface area (Å²) in [7, 11) is -0.160. The summed E-state index contributed by atoms with van der Waals surface area (Å²) >= 11 is 0. The fourth-order valence-electron chi connectivity index (χ4n) is 9.80. The van der Waals surface area contributed by atoms with Gasteiger partial charge in [-0.2, -0.15) is 0 Å². The van der Waals surface area contributed by atoms with Crippen LogP contribution in [0.25, 0.3) is 0 Å². The number of hydrogen-bond acceptors (Lipinski definition) is 5. The van der Waals surface area contributed by atoms with Crippen LogP contribution in [0.4, 0.5) is 0 Å². The lowest BCUT2D eigenvalue weighted by Gasteiger charge is -2.62. The SMILES string of the molecule is C=C(CC)CCC(C)C1CCC2C3CC(O)P4CCCCC4(C)C3CCC12C.NCCCNCCCCNCCCN. The van der Waals surface area contributed by atoms with Gasteiger partial charge >= 0.3 is 0 Å². The van der Waals surface area contributed by atoms with Crippen molar-refractivity contribution in [3.8, 4) is 0 Å². The van der Waals surface area contributed by atoms with Crippen LogP contribution in [0.2, 0.25) is 0 Å². The van der Waals surface area contributed by atoms with Crippen LogP contribution >= 0.6 is 7.92 Å². The highest BCUT2D eigenvalue weighted by molar-refractivity contribution is 7.60. The first-order valence-corrected chi connectivity index (χ1v) is 19.8. The molecule has 0 spiro atoms. The van der Waals surface area contributed by atoms with Crippen molar-refractivity contribution < 1.29 is 5.11 Å². The highest BCUT2D eigenvalue weighted by atomic mass is 31.1. The molecular formula is C36H71N4OP. The van der Waals surface area contributed by atoms with E-state index in [4.69, 9.17) is 11.5 Å². The van der Waals surface area contributed by atoms with Gasteiger partial charge in [0.05, 0.1) is 5.85 Å². The number of fused-ring (bicyclic) bond motifs is 5. The second-order valence-corrected chi connectivity index (χ2v) is 17.9. The first-order valence-electron chi connectivity index (χ1n) is 18.2. The normalized spacial score (nSPS) is 36.3. The summed E-state index contributed by atoms with van der Waals surface area (Å²) in [4.78, 5) is 0. The van der Waals surface area contributed by atoms with Crippen LogP contribution in [-0.2, 0) is 0 Å². The second kappa shape index (κ2) is 18.2. The summed E-state index contributed by atoms with van der Waals surface area (Å²) in [6, 6.07) is 0. The average Bonchev–Trinajstić information content (AvgIpc) is 3.34. The van der Waals surface area contributed by atoms with Gasteiger partial charge in [0.1, 0.15) is 0 Å². The summed E-state index contributed by atoms with van der Waals surface area (Å²) < 4.78 is 0. The largest absolute Gasteiger partial charge is 0.389 e. The Labute approximate surface area is 262 Å². The summed E-state index contributed by atoms with van der Waals surface area (Å²) in [5, 5.41) is 18.4. The van der Waals surface area contributed by atoms with Crippen LogP contribution in [0.5, 0.6) is 0 Å². The molecule has 0 aromatic rings. The second-order valence-electron chi connectivity index (χ2n) is 14.9. The molecule has 4 rings (SSSR count). The van der Waals surface area contributed by atoms with E-state index in [0.717, 1.165) is 94.5 Å². The maximum Gasteiger partial charge on any atom is 0.0738 e. The van der Waals surface area contributed by atoms with E-state index in [2.05, 4.69) is 44.9 Å². The minimum absolute atomic E-state index is 0.0354. The quantitative estimate of drug-likeness (QED) is 0.0726. The lowest BCUT2D eigenvalue weighted by Crippen LogP contribution is -2.54. The molecule has 0 aromatic carbocycles. The maximum atomic E-state index is 11.2. The van der Waals surface area contributed by atoms with E-state index >= 15 is 0 Å². The molecular weight excluding hydrogens is 535 g/mol. The molecule has 2 saturated heterocycles. The van der Waals surface area contributed by atoms with Crippen LogP contribution in [0, 0.1) is 35.0 Å². The molecule has 5 nitrogen and oxygen atoms in total. The van der Waals surface area contributed by atoms with Gasteiger partial charge in [0.15, 0.2) is 0 Å². The van der Waals surface area contributed by atoms with Gasteiger partial charge in [-0.25, -0.2) is 0 Å². The molecule has 0 bridgehead atoms. The van der Waals surface area contributed by atoms with Gasteiger partial charge in [-0.15, -0.1) is 0 Å². The molecule has 7 N–H and O–H groups in total. The zero-order valence-corrected chi connectivity index (χ0v) is 29.2. The lowest BCUT2D eigenvalue weighted by atomic mass is 9.53. The lowest BCUT2D eigenvalue weighted by molar-refractivity contribution is -0.0372. The summed E-state index contributed by atoms with van der Waals surface area (Å²) in [5.74, 6) is 4.34. The first kappa shape index (κ1) is 36.4. The number of nitrogens with two attached hydrogens (primary N) is 2. The Morgan fingerprint density at radius 3 is 2.19 bits per heavy atom. The zero-order chi connectivity index (χ0) is 30.6. The number of allylic oxidation sites excluding steroid dienone is 1. The van der Waals surface area contributed by atoms with Crippen molar-refractivity contribution >= 4 is 7.92 Å². The Bertz CT molecular complexity index is 769. The summed E-state index contributed by atoms with van der Waals surface area (Å²) in [6.07, 6.45) is 20.8. The number of aliphatic hydroxyl groups excluding tert-OH is 1. The molecule has 0 aromatic heterocycles. The Hall–Kier alpha value is -0.0300. The highest BCUT2D eigenvalue weighted by Crippen LogP contribution is 2.73. The molecule has 0 amide bonds. The topological polar surface area (TPSA) is 96.3 Å². The number of unbranched alkanes of at least 4 members (excludes halogenated alkanes) is 1. The molecule has 0 radical (unpaired) electrons. The van der Waals surface area contributed by atoms with Crippen molar-refractivity contribution in [3.05, 3.63) is 12.2 Å². The van der Waals surface area contributed by atoms with Crippen LogP contribution in [-0.4, -0.2) is 61.5 Å². The van der Waals surface area contributed by atoms with Crippen molar-refractivity contribution in [2.75, 3.05) is 45.4 Å². The molecule has 4 aliphatic rings. The Balaban J connectivity index is 0.000000295. The van der Waals surface area contributed by atoms with E-state index in [0.29, 0.717) is 10.6 Å².